The molecular formula is C28H32ClN3O3. The maximum Gasteiger partial charge on any atom is 0.230 e. The van der Waals surface area contributed by atoms with Crippen molar-refractivity contribution in [3.8, 4) is 0 Å². The number of likely N-dealkylation sites (tertiary alicyclic amines) is 1. The highest BCUT2D eigenvalue weighted by molar-refractivity contribution is 6.31. The van der Waals surface area contributed by atoms with Gasteiger partial charge < -0.3 is 19.9 Å². The summed E-state index contributed by atoms with van der Waals surface area (Å²) >= 11 is 6.33. The lowest BCUT2D eigenvalue weighted by Gasteiger charge is -2.25. The summed E-state index contributed by atoms with van der Waals surface area (Å²) < 4.78 is 6.24. The van der Waals surface area contributed by atoms with Gasteiger partial charge in [-0.2, -0.15) is 0 Å². The maximum atomic E-state index is 13.4. The molecular weight excluding hydrogens is 462 g/mol. The summed E-state index contributed by atoms with van der Waals surface area (Å²) in [6.07, 6.45) is 4.41. The zero-order valence-corrected chi connectivity index (χ0v) is 21.0. The third-order valence-electron chi connectivity index (χ3n) is 7.45. The van der Waals surface area contributed by atoms with E-state index in [1.165, 1.54) is 11.3 Å². The van der Waals surface area contributed by atoms with Crippen LogP contribution in [0.15, 0.2) is 60.7 Å². The van der Waals surface area contributed by atoms with Gasteiger partial charge in [0, 0.05) is 36.9 Å². The van der Waals surface area contributed by atoms with E-state index in [0.717, 1.165) is 25.1 Å². The average molecular weight is 494 g/mol. The molecule has 0 aliphatic carbocycles. The lowest BCUT2D eigenvalue weighted by atomic mass is 9.77. The molecule has 2 amide bonds. The number of aryl methyl sites for hydroxylation is 1. The first-order chi connectivity index (χ1) is 16.9. The van der Waals surface area contributed by atoms with Crippen molar-refractivity contribution in [3.63, 3.8) is 0 Å². The minimum absolute atomic E-state index is 0.0338. The van der Waals surface area contributed by atoms with Gasteiger partial charge in [0.25, 0.3) is 0 Å². The Kier molecular flexibility index (Phi) is 6.60. The smallest absolute Gasteiger partial charge is 0.230 e. The molecule has 0 saturated carbocycles. The summed E-state index contributed by atoms with van der Waals surface area (Å²) in [7, 11) is 0. The molecule has 1 spiro atoms. The van der Waals surface area contributed by atoms with Crippen molar-refractivity contribution in [3.05, 3.63) is 76.8 Å². The molecule has 3 aliphatic heterocycles. The van der Waals surface area contributed by atoms with Crippen LogP contribution in [-0.2, 0) is 20.9 Å². The SMILES string of the molecule is CCN(CCCNC(=O)C1[C@@H]2C=CC3(CN(Cc4ccccc4Cl)C(=O)[C@H]13)O2)c1cccc(C)c1. The molecule has 184 valence electrons. The molecule has 2 fully saturated rings. The Morgan fingerprint density at radius 2 is 2.09 bits per heavy atom. The van der Waals surface area contributed by atoms with Crippen molar-refractivity contribution in [2.45, 2.75) is 38.5 Å². The summed E-state index contributed by atoms with van der Waals surface area (Å²) in [6, 6.07) is 16.0. The van der Waals surface area contributed by atoms with Crippen LogP contribution in [0.4, 0.5) is 5.69 Å². The van der Waals surface area contributed by atoms with Crippen LogP contribution in [0, 0.1) is 18.8 Å². The number of hydrogen-bond acceptors (Lipinski definition) is 4. The van der Waals surface area contributed by atoms with Gasteiger partial charge in [0.05, 0.1) is 24.5 Å². The minimum Gasteiger partial charge on any atom is -0.372 e. The van der Waals surface area contributed by atoms with E-state index in [1.54, 1.807) is 4.90 Å². The molecule has 2 aromatic carbocycles. The van der Waals surface area contributed by atoms with Crippen molar-refractivity contribution in [1.29, 1.82) is 0 Å². The number of benzene rings is 2. The molecule has 35 heavy (non-hydrogen) atoms. The highest BCUT2D eigenvalue weighted by atomic mass is 35.5. The zero-order chi connectivity index (χ0) is 24.6. The van der Waals surface area contributed by atoms with Crippen LogP contribution in [0.5, 0.6) is 0 Å². The maximum absolute atomic E-state index is 13.4. The van der Waals surface area contributed by atoms with Gasteiger partial charge in [-0.3, -0.25) is 9.59 Å². The number of hydrogen-bond donors (Lipinski definition) is 1. The molecule has 0 radical (unpaired) electrons. The summed E-state index contributed by atoms with van der Waals surface area (Å²) in [5, 5.41) is 3.72. The van der Waals surface area contributed by atoms with Gasteiger partial charge in [-0.25, -0.2) is 0 Å². The number of ether oxygens (including phenoxy) is 1. The Balaban J connectivity index is 1.20. The number of halogens is 1. The number of amides is 2. The van der Waals surface area contributed by atoms with Gasteiger partial charge in [-0.15, -0.1) is 0 Å². The molecule has 3 heterocycles. The summed E-state index contributed by atoms with van der Waals surface area (Å²) in [5.74, 6) is -1.12. The fourth-order valence-electron chi connectivity index (χ4n) is 5.74. The average Bonchev–Trinajstić information content (AvgIpc) is 3.48. The van der Waals surface area contributed by atoms with Crippen LogP contribution in [0.1, 0.15) is 24.5 Å². The Morgan fingerprint density at radius 1 is 1.26 bits per heavy atom. The van der Waals surface area contributed by atoms with E-state index in [4.69, 9.17) is 16.3 Å². The van der Waals surface area contributed by atoms with E-state index >= 15 is 0 Å². The molecule has 5 rings (SSSR count). The number of fused-ring (bicyclic) bond motifs is 1. The Hall–Kier alpha value is -2.83. The first-order valence-corrected chi connectivity index (χ1v) is 12.8. The van der Waals surface area contributed by atoms with Crippen LogP contribution in [0.3, 0.4) is 0 Å². The number of nitrogens with zero attached hydrogens (tertiary/aromatic N) is 2. The molecule has 0 aromatic heterocycles. The molecule has 1 N–H and O–H groups in total. The number of carbonyl (C=O) groups excluding carboxylic acids is 2. The zero-order valence-electron chi connectivity index (χ0n) is 20.2. The van der Waals surface area contributed by atoms with Gasteiger partial charge in [-0.05, 0) is 49.6 Å². The molecule has 2 unspecified atom stereocenters. The van der Waals surface area contributed by atoms with Crippen LogP contribution < -0.4 is 10.2 Å². The van der Waals surface area contributed by atoms with E-state index in [-0.39, 0.29) is 17.9 Å². The van der Waals surface area contributed by atoms with Gasteiger partial charge in [0.15, 0.2) is 0 Å². The lowest BCUT2D eigenvalue weighted by molar-refractivity contribution is -0.137. The van der Waals surface area contributed by atoms with E-state index in [0.29, 0.717) is 24.7 Å². The number of nitrogens with one attached hydrogen (secondary N) is 1. The van der Waals surface area contributed by atoms with E-state index in [9.17, 15) is 9.59 Å². The lowest BCUT2D eigenvalue weighted by Crippen LogP contribution is -2.44. The quantitative estimate of drug-likeness (QED) is 0.424. The van der Waals surface area contributed by atoms with Crippen molar-refractivity contribution in [1.82, 2.24) is 10.2 Å². The summed E-state index contributed by atoms with van der Waals surface area (Å²) in [4.78, 5) is 30.8. The molecule has 7 heteroatoms. The molecule has 2 aromatic rings. The van der Waals surface area contributed by atoms with E-state index in [2.05, 4.69) is 48.3 Å². The minimum atomic E-state index is -0.713. The predicted molar refractivity (Wildman–Crippen MR) is 137 cm³/mol. The van der Waals surface area contributed by atoms with Crippen LogP contribution in [0.25, 0.3) is 0 Å². The number of carbonyl (C=O) groups is 2. The molecule has 2 bridgehead atoms. The second kappa shape index (κ2) is 9.67. The van der Waals surface area contributed by atoms with Crippen LogP contribution >= 0.6 is 11.6 Å². The van der Waals surface area contributed by atoms with Crippen LogP contribution in [0.2, 0.25) is 5.02 Å². The first-order valence-electron chi connectivity index (χ1n) is 12.4. The standard InChI is InChI=1S/C28H32ClN3O3/c1-3-31(21-10-6-8-19(2)16-21)15-7-14-30-26(33)24-23-12-13-28(35-23)18-32(27(34)25(24)28)17-20-9-4-5-11-22(20)29/h4-6,8-13,16,23-25H,3,7,14-15,17-18H2,1-2H3,(H,30,33)/t23-,24?,25-,28?/m0/s1. The van der Waals surface area contributed by atoms with Crippen molar-refractivity contribution < 1.29 is 14.3 Å². The molecule has 6 nitrogen and oxygen atoms in total. The third-order valence-corrected chi connectivity index (χ3v) is 7.82. The van der Waals surface area contributed by atoms with Crippen LogP contribution in [-0.4, -0.2) is 54.6 Å². The first kappa shape index (κ1) is 23.9. The third kappa shape index (κ3) is 4.45. The van der Waals surface area contributed by atoms with E-state index in [1.807, 2.05) is 36.4 Å². The Morgan fingerprint density at radius 3 is 2.86 bits per heavy atom. The number of rotatable bonds is 9. The second-order valence-corrected chi connectivity index (χ2v) is 10.2. The monoisotopic (exact) mass is 493 g/mol. The fraction of sp³-hybridized carbons (Fsp3) is 0.429. The highest BCUT2D eigenvalue weighted by Crippen LogP contribution is 2.52. The fourth-order valence-corrected chi connectivity index (χ4v) is 5.93. The predicted octanol–water partition coefficient (Wildman–Crippen LogP) is 3.96. The normalized spacial score (nSPS) is 26.3. The molecule has 3 aliphatic rings. The highest BCUT2D eigenvalue weighted by Gasteiger charge is 2.66. The molecule has 4 atom stereocenters. The summed E-state index contributed by atoms with van der Waals surface area (Å²) in [5.41, 5.74) is 2.61. The largest absolute Gasteiger partial charge is 0.372 e. The van der Waals surface area contributed by atoms with Crippen molar-refractivity contribution in [2.24, 2.45) is 11.8 Å². The van der Waals surface area contributed by atoms with Gasteiger partial charge in [0.1, 0.15) is 5.60 Å². The van der Waals surface area contributed by atoms with E-state index < -0.39 is 17.4 Å². The van der Waals surface area contributed by atoms with Gasteiger partial charge >= 0.3 is 0 Å². The summed E-state index contributed by atoms with van der Waals surface area (Å²) in [6.45, 7) is 7.41. The van der Waals surface area contributed by atoms with Gasteiger partial charge in [-0.1, -0.05) is 54.1 Å². The number of anilines is 1. The second-order valence-electron chi connectivity index (χ2n) is 9.75. The Labute approximate surface area is 211 Å². The van der Waals surface area contributed by atoms with Crippen molar-refractivity contribution >= 4 is 29.1 Å². The van der Waals surface area contributed by atoms with Crippen molar-refractivity contribution in [2.75, 3.05) is 31.1 Å². The topological polar surface area (TPSA) is 61.9 Å². The Bertz CT molecular complexity index is 1150. The van der Waals surface area contributed by atoms with Gasteiger partial charge in [0.2, 0.25) is 11.8 Å². The molecule has 2 saturated heterocycles.